The van der Waals surface area contributed by atoms with Gasteiger partial charge in [0.05, 0.1) is 0 Å². The minimum absolute atomic E-state index is 0.558. The number of benzene rings is 3. The predicted molar refractivity (Wildman–Crippen MR) is 123 cm³/mol. The molecule has 0 aromatic heterocycles. The summed E-state index contributed by atoms with van der Waals surface area (Å²) < 4.78 is 0. The van der Waals surface area contributed by atoms with Crippen LogP contribution in [0.5, 0.6) is 0 Å². The minimum Gasteiger partial charge on any atom is -0.478 e. The van der Waals surface area contributed by atoms with E-state index in [1.807, 2.05) is 0 Å². The Morgan fingerprint density at radius 3 is 1.68 bits per heavy atom. The van der Waals surface area contributed by atoms with E-state index in [4.69, 9.17) is 15.9 Å². The fourth-order valence-corrected chi connectivity index (χ4v) is 3.23. The Labute approximate surface area is 182 Å². The summed E-state index contributed by atoms with van der Waals surface area (Å²) in [4.78, 5) is 19.1. The average Bonchev–Trinajstić information content (AvgIpc) is 2.75. The molecule has 0 saturated carbocycles. The molecule has 31 heavy (non-hydrogen) atoms. The molecule has 0 unspecified atom stereocenters. The van der Waals surface area contributed by atoms with Gasteiger partial charge in [-0.15, -0.1) is 0 Å². The highest BCUT2D eigenvalue weighted by Gasteiger charge is 2.12. The fourth-order valence-electron chi connectivity index (χ4n) is 3.23. The normalized spacial score (nSPS) is 10.4. The first-order chi connectivity index (χ1) is 14.8. The van der Waals surface area contributed by atoms with Crippen LogP contribution in [0.25, 0.3) is 0 Å². The summed E-state index contributed by atoms with van der Waals surface area (Å²) in [7, 11) is 0. The highest BCUT2D eigenvalue weighted by molar-refractivity contribution is 5.89. The average molecular weight is 418 g/mol. The predicted octanol–water partition coefficient (Wildman–Crippen LogP) is 4.78. The number of hydrogen-bond donors (Lipinski definition) is 3. The highest BCUT2D eigenvalue weighted by Crippen LogP contribution is 2.28. The van der Waals surface area contributed by atoms with Crippen molar-refractivity contribution < 1.29 is 19.8 Å². The lowest BCUT2D eigenvalue weighted by Gasteiger charge is -2.17. The molecule has 0 amide bonds. The number of rotatable bonds is 6. The summed E-state index contributed by atoms with van der Waals surface area (Å²) >= 11 is 0. The van der Waals surface area contributed by atoms with E-state index < -0.39 is 11.9 Å². The number of hydrogen-bond acceptors (Lipinski definition) is 3. The van der Waals surface area contributed by atoms with E-state index in [1.54, 1.807) is 0 Å². The molecule has 5 nitrogen and oxygen atoms in total. The molecule has 3 aromatic carbocycles. The molecule has 0 heterocycles. The smallest absolute Gasteiger partial charge is 0.328 e. The van der Waals surface area contributed by atoms with Crippen LogP contribution in [0.4, 0.5) is 5.69 Å². The van der Waals surface area contributed by atoms with Crippen LogP contribution < -0.4 is 5.73 Å². The van der Waals surface area contributed by atoms with Gasteiger partial charge >= 0.3 is 11.9 Å². The maximum Gasteiger partial charge on any atom is 0.328 e. The fraction of sp³-hybridized carbons (Fsp3) is 0.154. The number of carbonyl (C=O) groups is 2. The van der Waals surface area contributed by atoms with Crippen molar-refractivity contribution in [1.29, 1.82) is 0 Å². The lowest BCUT2D eigenvalue weighted by molar-refractivity contribution is -0.134. The summed E-state index contributed by atoms with van der Waals surface area (Å²) in [6.07, 6.45) is 2.99. The van der Waals surface area contributed by atoms with Crippen molar-refractivity contribution in [1.82, 2.24) is 0 Å². The number of nitrogen functional groups attached to an aromatic ring is 1. The molecule has 3 rings (SSSR count). The van der Waals surface area contributed by atoms with Gasteiger partial charge in [0.15, 0.2) is 0 Å². The van der Waals surface area contributed by atoms with Crippen LogP contribution in [0.3, 0.4) is 0 Å². The molecule has 0 spiro atoms. The van der Waals surface area contributed by atoms with Crippen molar-refractivity contribution in [3.05, 3.63) is 112 Å². The molecule has 0 aliphatic rings. The molecular weight excluding hydrogens is 390 g/mol. The van der Waals surface area contributed by atoms with E-state index in [-0.39, 0.29) is 0 Å². The van der Waals surface area contributed by atoms with Gasteiger partial charge in [-0.3, -0.25) is 0 Å². The Kier molecular flexibility index (Phi) is 8.58. The first-order valence-corrected chi connectivity index (χ1v) is 9.87. The van der Waals surface area contributed by atoms with Crippen molar-refractivity contribution in [2.24, 2.45) is 0 Å². The van der Waals surface area contributed by atoms with Crippen molar-refractivity contribution in [3.8, 4) is 0 Å². The molecule has 0 saturated heterocycles. The molecule has 0 bridgehead atoms. The quantitative estimate of drug-likeness (QED) is 0.396. The zero-order valence-electron chi connectivity index (χ0n) is 17.7. The van der Waals surface area contributed by atoms with E-state index in [9.17, 15) is 9.59 Å². The largest absolute Gasteiger partial charge is 0.478 e. The molecule has 0 radical (unpaired) electrons. The van der Waals surface area contributed by atoms with Crippen LogP contribution in [0.1, 0.15) is 33.4 Å². The zero-order chi connectivity index (χ0) is 22.8. The van der Waals surface area contributed by atoms with Gasteiger partial charge in [-0.25, -0.2) is 9.59 Å². The van der Waals surface area contributed by atoms with Gasteiger partial charge in [0, 0.05) is 17.8 Å². The topological polar surface area (TPSA) is 101 Å². The number of anilines is 1. The van der Waals surface area contributed by atoms with Crippen LogP contribution in [0, 0.1) is 13.8 Å². The van der Waals surface area contributed by atoms with Crippen molar-refractivity contribution >= 4 is 17.6 Å². The summed E-state index contributed by atoms with van der Waals surface area (Å²) in [5.74, 6) is -2.51. The number of carboxylic acids is 2. The third kappa shape index (κ3) is 7.48. The Balaban J connectivity index is 0.000000366. The summed E-state index contributed by atoms with van der Waals surface area (Å²) in [6.45, 7) is 4.31. The molecule has 4 N–H and O–H groups in total. The van der Waals surface area contributed by atoms with Crippen molar-refractivity contribution in [2.45, 2.75) is 26.7 Å². The van der Waals surface area contributed by atoms with Crippen LogP contribution in [-0.4, -0.2) is 22.2 Å². The van der Waals surface area contributed by atoms with E-state index in [0.717, 1.165) is 18.5 Å². The van der Waals surface area contributed by atoms with Gasteiger partial charge in [-0.1, -0.05) is 60.7 Å². The Morgan fingerprint density at radius 1 is 0.774 bits per heavy atom. The van der Waals surface area contributed by atoms with Crippen LogP contribution in [0.15, 0.2) is 78.9 Å². The first kappa shape index (κ1) is 23.4. The molecule has 5 heteroatoms. The lowest BCUT2D eigenvalue weighted by atomic mass is 9.88. The molecule has 0 fully saturated rings. The maximum absolute atomic E-state index is 9.55. The van der Waals surface area contributed by atoms with Crippen LogP contribution in [0.2, 0.25) is 0 Å². The molecule has 160 valence electrons. The zero-order valence-corrected chi connectivity index (χ0v) is 17.7. The SMILES string of the molecule is Cc1c(N)cc(Cc2ccccc2)c(Cc2ccccc2)c1C.O=C(O)/C=C\C(=O)O. The summed E-state index contributed by atoms with van der Waals surface area (Å²) in [6, 6.07) is 23.4. The molecule has 0 atom stereocenters. The summed E-state index contributed by atoms with van der Waals surface area (Å²) in [5, 5.41) is 15.6. The van der Waals surface area contributed by atoms with Gasteiger partial charge in [0.1, 0.15) is 0 Å². The number of carboxylic acid groups (broad SMARTS) is 2. The molecule has 3 aromatic rings. The Bertz CT molecular complexity index is 1040. The second-order valence-electron chi connectivity index (χ2n) is 7.19. The first-order valence-electron chi connectivity index (χ1n) is 9.87. The third-order valence-corrected chi connectivity index (χ3v) is 5.00. The standard InChI is InChI=1S/C22H23N.C4H4O4/c1-16-17(2)22(23)15-20(13-18-9-5-3-6-10-18)21(16)14-19-11-7-4-8-12-19;5-3(6)1-2-4(7)8/h3-12,15H,13-14,23H2,1-2H3;1-2H,(H,5,6)(H,7,8)/b;2-1-. The van der Waals surface area contributed by atoms with Gasteiger partial charge in [0.2, 0.25) is 0 Å². The van der Waals surface area contributed by atoms with Crippen LogP contribution in [-0.2, 0) is 22.4 Å². The Hall–Kier alpha value is -3.86. The minimum atomic E-state index is -1.26. The van der Waals surface area contributed by atoms with Crippen molar-refractivity contribution in [2.75, 3.05) is 5.73 Å². The second kappa shape index (κ2) is 11.4. The van der Waals surface area contributed by atoms with E-state index in [1.165, 1.54) is 33.4 Å². The van der Waals surface area contributed by atoms with E-state index in [0.29, 0.717) is 12.2 Å². The van der Waals surface area contributed by atoms with Gasteiger partial charge in [-0.05, 0) is 66.1 Å². The van der Waals surface area contributed by atoms with E-state index >= 15 is 0 Å². The van der Waals surface area contributed by atoms with Gasteiger partial charge < -0.3 is 15.9 Å². The Morgan fingerprint density at radius 2 is 1.23 bits per heavy atom. The van der Waals surface area contributed by atoms with E-state index in [2.05, 4.69) is 80.6 Å². The number of nitrogens with two attached hydrogens (primary N) is 1. The lowest BCUT2D eigenvalue weighted by Crippen LogP contribution is -2.05. The highest BCUT2D eigenvalue weighted by atomic mass is 16.4. The monoisotopic (exact) mass is 417 g/mol. The summed E-state index contributed by atoms with van der Waals surface area (Å²) in [5.41, 5.74) is 15.1. The van der Waals surface area contributed by atoms with Crippen LogP contribution >= 0.6 is 0 Å². The van der Waals surface area contributed by atoms with Crippen molar-refractivity contribution in [3.63, 3.8) is 0 Å². The maximum atomic E-state index is 9.55. The molecule has 0 aliphatic carbocycles. The van der Waals surface area contributed by atoms with Gasteiger partial charge in [0.25, 0.3) is 0 Å². The number of aliphatic carboxylic acids is 2. The molecule has 0 aliphatic heterocycles. The molecular formula is C26H27NO4. The second-order valence-corrected chi connectivity index (χ2v) is 7.19. The van der Waals surface area contributed by atoms with Gasteiger partial charge in [-0.2, -0.15) is 0 Å². The third-order valence-electron chi connectivity index (χ3n) is 5.00.